The molecule has 0 spiro atoms. The van der Waals surface area contributed by atoms with Crippen LogP contribution >= 0.6 is 11.6 Å². The SMILES string of the molecule is COCOc1ccc2ccc(CCl)cc2c1. The predicted octanol–water partition coefficient (Wildman–Crippen LogP) is 3.56. The summed E-state index contributed by atoms with van der Waals surface area (Å²) in [6, 6.07) is 12.1. The number of hydrogen-bond acceptors (Lipinski definition) is 2. The van der Waals surface area contributed by atoms with E-state index in [9.17, 15) is 0 Å². The van der Waals surface area contributed by atoms with Gasteiger partial charge in [-0.3, -0.25) is 0 Å². The van der Waals surface area contributed by atoms with Gasteiger partial charge < -0.3 is 9.47 Å². The summed E-state index contributed by atoms with van der Waals surface area (Å²) >= 11 is 5.80. The highest BCUT2D eigenvalue weighted by Crippen LogP contribution is 2.22. The van der Waals surface area contributed by atoms with E-state index in [0.717, 1.165) is 16.7 Å². The molecule has 0 saturated heterocycles. The third kappa shape index (κ3) is 2.46. The normalized spacial score (nSPS) is 10.6. The van der Waals surface area contributed by atoms with Crippen LogP contribution in [0.2, 0.25) is 0 Å². The first kappa shape index (κ1) is 11.2. The number of halogens is 1. The highest BCUT2D eigenvalue weighted by molar-refractivity contribution is 6.17. The molecule has 0 amide bonds. The average Bonchev–Trinajstić information content (AvgIpc) is 2.35. The molecule has 2 rings (SSSR count). The number of alkyl halides is 1. The Balaban J connectivity index is 2.35. The third-order valence-electron chi connectivity index (χ3n) is 2.37. The number of methoxy groups -OCH3 is 1. The molecule has 0 radical (unpaired) electrons. The fourth-order valence-electron chi connectivity index (χ4n) is 1.57. The van der Waals surface area contributed by atoms with Gasteiger partial charge in [-0.15, -0.1) is 11.6 Å². The first-order valence-corrected chi connectivity index (χ1v) is 5.57. The van der Waals surface area contributed by atoms with E-state index < -0.39 is 0 Å². The molecule has 0 unspecified atom stereocenters. The van der Waals surface area contributed by atoms with Gasteiger partial charge in [0.2, 0.25) is 0 Å². The van der Waals surface area contributed by atoms with E-state index in [4.69, 9.17) is 21.1 Å². The van der Waals surface area contributed by atoms with E-state index in [2.05, 4.69) is 12.1 Å². The van der Waals surface area contributed by atoms with Crippen LogP contribution in [0.1, 0.15) is 5.56 Å². The van der Waals surface area contributed by atoms with Gasteiger partial charge in [0, 0.05) is 13.0 Å². The van der Waals surface area contributed by atoms with Crippen LogP contribution in [0.25, 0.3) is 10.8 Å². The van der Waals surface area contributed by atoms with Crippen molar-refractivity contribution < 1.29 is 9.47 Å². The molecule has 0 N–H and O–H groups in total. The Labute approximate surface area is 99.7 Å². The van der Waals surface area contributed by atoms with Gasteiger partial charge in [0.25, 0.3) is 0 Å². The highest BCUT2D eigenvalue weighted by atomic mass is 35.5. The number of fused-ring (bicyclic) bond motifs is 1. The lowest BCUT2D eigenvalue weighted by molar-refractivity contribution is 0.0512. The second-order valence-electron chi connectivity index (χ2n) is 3.53. The molecule has 0 bridgehead atoms. The summed E-state index contributed by atoms with van der Waals surface area (Å²) < 4.78 is 10.2. The van der Waals surface area contributed by atoms with Crippen LogP contribution in [-0.4, -0.2) is 13.9 Å². The lowest BCUT2D eigenvalue weighted by Crippen LogP contribution is -1.98. The van der Waals surface area contributed by atoms with E-state index in [0.29, 0.717) is 5.88 Å². The van der Waals surface area contributed by atoms with Crippen molar-refractivity contribution in [2.45, 2.75) is 5.88 Å². The summed E-state index contributed by atoms with van der Waals surface area (Å²) in [4.78, 5) is 0. The summed E-state index contributed by atoms with van der Waals surface area (Å²) in [5.41, 5.74) is 1.11. The van der Waals surface area contributed by atoms with E-state index in [1.54, 1.807) is 7.11 Å². The molecule has 0 heterocycles. The zero-order valence-corrected chi connectivity index (χ0v) is 9.83. The average molecular weight is 237 g/mol. The van der Waals surface area contributed by atoms with Crippen molar-refractivity contribution in [2.75, 3.05) is 13.9 Å². The highest BCUT2D eigenvalue weighted by Gasteiger charge is 1.99. The molecule has 2 aromatic carbocycles. The Morgan fingerprint density at radius 3 is 2.62 bits per heavy atom. The molecule has 2 nitrogen and oxygen atoms in total. The first-order valence-electron chi connectivity index (χ1n) is 5.04. The van der Waals surface area contributed by atoms with Crippen LogP contribution in [0.4, 0.5) is 0 Å². The number of rotatable bonds is 4. The van der Waals surface area contributed by atoms with E-state index in [1.807, 2.05) is 24.3 Å². The van der Waals surface area contributed by atoms with Crippen molar-refractivity contribution in [3.05, 3.63) is 42.0 Å². The quantitative estimate of drug-likeness (QED) is 0.597. The van der Waals surface area contributed by atoms with Crippen molar-refractivity contribution >= 4 is 22.4 Å². The third-order valence-corrected chi connectivity index (χ3v) is 2.68. The zero-order chi connectivity index (χ0) is 11.4. The molecule has 0 aliphatic rings. The summed E-state index contributed by atoms with van der Waals surface area (Å²) in [6.07, 6.45) is 0. The zero-order valence-electron chi connectivity index (χ0n) is 9.07. The number of benzene rings is 2. The van der Waals surface area contributed by atoms with Gasteiger partial charge >= 0.3 is 0 Å². The fraction of sp³-hybridized carbons (Fsp3) is 0.231. The number of ether oxygens (including phenoxy) is 2. The smallest absolute Gasteiger partial charge is 0.188 e. The van der Waals surface area contributed by atoms with Gasteiger partial charge in [0.1, 0.15) is 5.75 Å². The van der Waals surface area contributed by atoms with Gasteiger partial charge in [0.05, 0.1) is 0 Å². The summed E-state index contributed by atoms with van der Waals surface area (Å²) in [7, 11) is 1.60. The van der Waals surface area contributed by atoms with Crippen LogP contribution in [0, 0.1) is 0 Å². The molecule has 0 fully saturated rings. The monoisotopic (exact) mass is 236 g/mol. The van der Waals surface area contributed by atoms with Crippen LogP contribution in [-0.2, 0) is 10.6 Å². The molecular formula is C13H13ClO2. The predicted molar refractivity (Wildman–Crippen MR) is 66.0 cm³/mol. The van der Waals surface area contributed by atoms with Gasteiger partial charge in [-0.25, -0.2) is 0 Å². The molecule has 2 aromatic rings. The Bertz CT molecular complexity index is 482. The lowest BCUT2D eigenvalue weighted by Gasteiger charge is -2.06. The van der Waals surface area contributed by atoms with Crippen molar-refractivity contribution in [1.82, 2.24) is 0 Å². The lowest BCUT2D eigenvalue weighted by atomic mass is 10.1. The first-order chi connectivity index (χ1) is 7.83. The second-order valence-corrected chi connectivity index (χ2v) is 3.80. The summed E-state index contributed by atoms with van der Waals surface area (Å²) in [6.45, 7) is 0.265. The molecule has 3 heteroatoms. The minimum Gasteiger partial charge on any atom is -0.468 e. The van der Waals surface area contributed by atoms with Gasteiger partial charge in [-0.2, -0.15) is 0 Å². The standard InChI is InChI=1S/C13H13ClO2/c1-15-9-16-13-5-4-11-3-2-10(8-14)6-12(11)7-13/h2-7H,8-9H2,1H3. The van der Waals surface area contributed by atoms with Crippen LogP contribution < -0.4 is 4.74 Å². The van der Waals surface area contributed by atoms with Crippen molar-refractivity contribution in [2.24, 2.45) is 0 Å². The Hall–Kier alpha value is -1.25. The maximum Gasteiger partial charge on any atom is 0.188 e. The molecule has 0 aliphatic heterocycles. The molecule has 0 aliphatic carbocycles. The topological polar surface area (TPSA) is 18.5 Å². The molecular weight excluding hydrogens is 224 g/mol. The molecule has 0 aromatic heterocycles. The largest absolute Gasteiger partial charge is 0.468 e. The Morgan fingerprint density at radius 1 is 1.06 bits per heavy atom. The van der Waals surface area contributed by atoms with Crippen LogP contribution in [0.5, 0.6) is 5.75 Å². The Kier molecular flexibility index (Phi) is 3.65. The molecule has 84 valence electrons. The maximum absolute atomic E-state index is 5.80. The minimum atomic E-state index is 0.265. The fourth-order valence-corrected chi connectivity index (χ4v) is 1.74. The van der Waals surface area contributed by atoms with Gasteiger partial charge in [-0.05, 0) is 34.5 Å². The van der Waals surface area contributed by atoms with Gasteiger partial charge in [0.15, 0.2) is 6.79 Å². The van der Waals surface area contributed by atoms with Crippen molar-refractivity contribution in [3.8, 4) is 5.75 Å². The summed E-state index contributed by atoms with van der Waals surface area (Å²) in [5.74, 6) is 1.33. The van der Waals surface area contributed by atoms with Crippen LogP contribution in [0.15, 0.2) is 36.4 Å². The van der Waals surface area contributed by atoms with E-state index >= 15 is 0 Å². The van der Waals surface area contributed by atoms with Crippen LogP contribution in [0.3, 0.4) is 0 Å². The van der Waals surface area contributed by atoms with E-state index in [1.165, 1.54) is 5.39 Å². The maximum atomic E-state index is 5.80. The molecule has 0 saturated carbocycles. The van der Waals surface area contributed by atoms with Crippen molar-refractivity contribution in [3.63, 3.8) is 0 Å². The van der Waals surface area contributed by atoms with Gasteiger partial charge in [-0.1, -0.05) is 18.2 Å². The number of hydrogen-bond donors (Lipinski definition) is 0. The van der Waals surface area contributed by atoms with E-state index in [-0.39, 0.29) is 6.79 Å². The minimum absolute atomic E-state index is 0.265. The molecule has 0 atom stereocenters. The van der Waals surface area contributed by atoms with Crippen molar-refractivity contribution in [1.29, 1.82) is 0 Å². The molecule has 16 heavy (non-hydrogen) atoms. The second kappa shape index (κ2) is 5.19. The summed E-state index contributed by atoms with van der Waals surface area (Å²) in [5, 5.41) is 2.31. The Morgan fingerprint density at radius 2 is 1.88 bits per heavy atom.